The molecule has 0 radical (unpaired) electrons. The zero-order valence-electron chi connectivity index (χ0n) is 11.8. The van der Waals surface area contributed by atoms with Crippen molar-refractivity contribution in [1.82, 2.24) is 10.6 Å². The van der Waals surface area contributed by atoms with Crippen LogP contribution in [0.1, 0.15) is 40.5 Å². The van der Waals surface area contributed by atoms with E-state index in [-0.39, 0.29) is 18.9 Å². The zero-order chi connectivity index (χ0) is 15.1. The maximum atomic E-state index is 11.6. The van der Waals surface area contributed by atoms with E-state index in [1.54, 1.807) is 20.8 Å². The lowest BCUT2D eigenvalue weighted by atomic mass is 10.2. The Morgan fingerprint density at radius 3 is 2.32 bits per heavy atom. The van der Waals surface area contributed by atoms with Crippen molar-refractivity contribution in [1.29, 1.82) is 0 Å². The van der Waals surface area contributed by atoms with Crippen molar-refractivity contribution in [3.05, 3.63) is 0 Å². The molecule has 0 bridgehead atoms. The van der Waals surface area contributed by atoms with Crippen LogP contribution in [0.15, 0.2) is 0 Å². The van der Waals surface area contributed by atoms with Crippen LogP contribution < -0.4 is 10.6 Å². The monoisotopic (exact) mass is 274 g/mol. The number of amides is 2. The molecule has 0 aliphatic carbocycles. The number of ether oxygens (including phenoxy) is 1. The van der Waals surface area contributed by atoms with Gasteiger partial charge in [0.05, 0.1) is 0 Å². The lowest BCUT2D eigenvalue weighted by Gasteiger charge is -2.21. The van der Waals surface area contributed by atoms with Crippen molar-refractivity contribution < 1.29 is 24.2 Å². The number of nitrogens with one attached hydrogen (secondary N) is 2. The Bertz CT molecular complexity index is 336. The Morgan fingerprint density at radius 1 is 1.26 bits per heavy atom. The second kappa shape index (κ2) is 7.60. The van der Waals surface area contributed by atoms with Gasteiger partial charge in [-0.05, 0) is 34.1 Å². The Balaban J connectivity index is 3.93. The maximum absolute atomic E-state index is 11.6. The first-order valence-electron chi connectivity index (χ1n) is 6.11. The van der Waals surface area contributed by atoms with Crippen molar-refractivity contribution in [2.45, 2.75) is 52.2 Å². The van der Waals surface area contributed by atoms with Crippen LogP contribution in [-0.2, 0) is 14.3 Å². The zero-order valence-corrected chi connectivity index (χ0v) is 11.8. The molecule has 0 aromatic carbocycles. The van der Waals surface area contributed by atoms with Crippen LogP contribution in [0, 0.1) is 0 Å². The third-order valence-electron chi connectivity index (χ3n) is 1.99. The van der Waals surface area contributed by atoms with Crippen molar-refractivity contribution in [3.63, 3.8) is 0 Å². The summed E-state index contributed by atoms with van der Waals surface area (Å²) in [6.45, 7) is 6.96. The number of carboxylic acids is 1. The first kappa shape index (κ1) is 17.2. The molecule has 3 N–H and O–H groups in total. The number of carboxylic acid groups (broad SMARTS) is 1. The van der Waals surface area contributed by atoms with Crippen molar-refractivity contribution in [3.8, 4) is 0 Å². The van der Waals surface area contributed by atoms with E-state index in [4.69, 9.17) is 9.84 Å². The molecule has 7 nitrogen and oxygen atoms in total. The summed E-state index contributed by atoms with van der Waals surface area (Å²) in [5, 5.41) is 13.4. The third-order valence-corrected chi connectivity index (χ3v) is 1.99. The van der Waals surface area contributed by atoms with Gasteiger partial charge in [0.15, 0.2) is 0 Å². The molecule has 0 aliphatic rings. The summed E-state index contributed by atoms with van der Waals surface area (Å²) in [5.74, 6) is -1.29. The first-order chi connectivity index (χ1) is 8.61. The summed E-state index contributed by atoms with van der Waals surface area (Å²) in [4.78, 5) is 33.2. The van der Waals surface area contributed by atoms with E-state index in [1.807, 2.05) is 0 Å². The van der Waals surface area contributed by atoms with Gasteiger partial charge in [0.2, 0.25) is 5.91 Å². The highest BCUT2D eigenvalue weighted by Crippen LogP contribution is 2.06. The predicted octanol–water partition coefficient (Wildman–Crippen LogP) is 0.881. The number of carbonyl (C=O) groups excluding carboxylic acids is 2. The summed E-state index contributed by atoms with van der Waals surface area (Å²) >= 11 is 0. The molecule has 1 unspecified atom stereocenters. The highest BCUT2D eigenvalue weighted by Gasteiger charge is 2.20. The van der Waals surface area contributed by atoms with E-state index < -0.39 is 23.7 Å². The average molecular weight is 274 g/mol. The smallest absolute Gasteiger partial charge is 0.408 e. The van der Waals surface area contributed by atoms with Gasteiger partial charge in [-0.15, -0.1) is 0 Å². The Hall–Kier alpha value is -1.79. The van der Waals surface area contributed by atoms with Crippen LogP contribution in [0.5, 0.6) is 0 Å². The van der Waals surface area contributed by atoms with Crippen LogP contribution in [0.3, 0.4) is 0 Å². The number of rotatable bonds is 6. The largest absolute Gasteiger partial charge is 0.481 e. The summed E-state index contributed by atoms with van der Waals surface area (Å²) < 4.78 is 5.01. The molecule has 2 amide bonds. The molecule has 7 heteroatoms. The minimum absolute atomic E-state index is 0.00580. The molecule has 0 aliphatic heterocycles. The first-order valence-corrected chi connectivity index (χ1v) is 6.11. The molecule has 0 spiro atoms. The second-order valence-electron chi connectivity index (χ2n) is 5.16. The minimum Gasteiger partial charge on any atom is -0.481 e. The third kappa shape index (κ3) is 9.87. The average Bonchev–Trinajstić information content (AvgIpc) is 2.20. The molecule has 0 aromatic rings. The summed E-state index contributed by atoms with van der Waals surface area (Å²) in [6.07, 6.45) is -0.324. The number of hydrogen-bond acceptors (Lipinski definition) is 4. The molecule has 0 aromatic heterocycles. The summed E-state index contributed by atoms with van der Waals surface area (Å²) in [7, 11) is 0. The molecule has 0 heterocycles. The number of aliphatic carboxylic acids is 1. The molecule has 1 atom stereocenters. The van der Waals surface area contributed by atoms with E-state index in [1.165, 1.54) is 6.92 Å². The van der Waals surface area contributed by atoms with Crippen LogP contribution in [0.25, 0.3) is 0 Å². The highest BCUT2D eigenvalue weighted by molar-refractivity contribution is 5.85. The molecule has 0 saturated heterocycles. The normalized spacial score (nSPS) is 12.4. The minimum atomic E-state index is -0.908. The van der Waals surface area contributed by atoms with Gasteiger partial charge in [0.1, 0.15) is 11.6 Å². The van der Waals surface area contributed by atoms with Gasteiger partial charge in [0.25, 0.3) is 0 Å². The molecule has 0 rings (SSSR count). The SMILES string of the molecule is CC(NC(=O)OC(C)(C)C)C(=O)NCCCC(=O)O. The Labute approximate surface area is 112 Å². The molecule has 0 fully saturated rings. The second-order valence-corrected chi connectivity index (χ2v) is 5.16. The number of hydrogen-bond donors (Lipinski definition) is 3. The van der Waals surface area contributed by atoms with E-state index in [2.05, 4.69) is 10.6 Å². The fourth-order valence-corrected chi connectivity index (χ4v) is 1.15. The standard InChI is InChI=1S/C12H22N2O5/c1-8(14-11(18)19-12(2,3)4)10(17)13-7-5-6-9(15)16/h8H,5-7H2,1-4H3,(H,13,17)(H,14,18)(H,15,16). The van der Waals surface area contributed by atoms with E-state index in [0.29, 0.717) is 6.42 Å². The molecule has 0 saturated carbocycles. The maximum Gasteiger partial charge on any atom is 0.408 e. The Kier molecular flexibility index (Phi) is 6.89. The highest BCUT2D eigenvalue weighted by atomic mass is 16.6. The van der Waals surface area contributed by atoms with Gasteiger partial charge in [0, 0.05) is 13.0 Å². The van der Waals surface area contributed by atoms with Crippen LogP contribution in [0.2, 0.25) is 0 Å². The lowest BCUT2D eigenvalue weighted by Crippen LogP contribution is -2.46. The summed E-state index contributed by atoms with van der Waals surface area (Å²) in [6, 6.07) is -0.736. The Morgan fingerprint density at radius 2 is 1.84 bits per heavy atom. The molecule has 110 valence electrons. The number of alkyl carbamates (subject to hydrolysis) is 1. The van der Waals surface area contributed by atoms with Gasteiger partial charge >= 0.3 is 12.1 Å². The molecule has 19 heavy (non-hydrogen) atoms. The van der Waals surface area contributed by atoms with Crippen molar-refractivity contribution in [2.75, 3.05) is 6.54 Å². The number of carbonyl (C=O) groups is 3. The van der Waals surface area contributed by atoms with Gasteiger partial charge < -0.3 is 20.5 Å². The molecular weight excluding hydrogens is 252 g/mol. The van der Waals surface area contributed by atoms with Gasteiger partial charge in [-0.2, -0.15) is 0 Å². The summed E-state index contributed by atoms with van der Waals surface area (Å²) in [5.41, 5.74) is -0.623. The van der Waals surface area contributed by atoms with E-state index >= 15 is 0 Å². The predicted molar refractivity (Wildman–Crippen MR) is 68.7 cm³/mol. The van der Waals surface area contributed by atoms with E-state index in [9.17, 15) is 14.4 Å². The van der Waals surface area contributed by atoms with Crippen LogP contribution in [-0.4, -0.2) is 41.3 Å². The fourth-order valence-electron chi connectivity index (χ4n) is 1.15. The van der Waals surface area contributed by atoms with Gasteiger partial charge in [-0.1, -0.05) is 0 Å². The van der Waals surface area contributed by atoms with Crippen LogP contribution >= 0.6 is 0 Å². The van der Waals surface area contributed by atoms with Crippen molar-refractivity contribution in [2.24, 2.45) is 0 Å². The van der Waals surface area contributed by atoms with Gasteiger partial charge in [-0.3, -0.25) is 9.59 Å². The van der Waals surface area contributed by atoms with Crippen molar-refractivity contribution >= 4 is 18.0 Å². The quantitative estimate of drug-likeness (QED) is 0.624. The van der Waals surface area contributed by atoms with E-state index in [0.717, 1.165) is 0 Å². The van der Waals surface area contributed by atoms with Gasteiger partial charge in [-0.25, -0.2) is 4.79 Å². The molecular formula is C12H22N2O5. The fraction of sp³-hybridized carbons (Fsp3) is 0.750. The lowest BCUT2D eigenvalue weighted by molar-refractivity contribution is -0.137. The topological polar surface area (TPSA) is 105 Å². The van der Waals surface area contributed by atoms with Crippen LogP contribution in [0.4, 0.5) is 4.79 Å².